The Morgan fingerprint density at radius 1 is 1.67 bits per heavy atom. The topological polar surface area (TPSA) is 74.3 Å². The number of rotatable bonds is 2. The molecule has 2 N–H and O–H groups in total. The maximum Gasteiger partial charge on any atom is 0.0940 e. The molecule has 1 heterocycles. The highest BCUT2D eigenvalue weighted by atomic mass is 32.2. The first-order chi connectivity index (χ1) is 5.41. The standard InChI is InChI=1S/C7H10NO3S/c1-7(2,9)5-3-6(11-4-5)12(8)10/h3-4,8-9H,1-2H3/q-1. The SMILES string of the molecule is CC(C)(O)c1coc([S-](=N)=O)c1. The summed E-state index contributed by atoms with van der Waals surface area (Å²) < 4.78 is 22.2. The van der Waals surface area contributed by atoms with Gasteiger partial charge < -0.3 is 18.5 Å². The Balaban J connectivity index is 3.08. The number of hydrogen-bond donors (Lipinski definition) is 2. The molecule has 1 aromatic rings. The molecule has 1 rings (SSSR count). The molecule has 0 aliphatic heterocycles. The van der Waals surface area contributed by atoms with E-state index in [-0.39, 0.29) is 5.09 Å². The molecule has 0 atom stereocenters. The van der Waals surface area contributed by atoms with Gasteiger partial charge in [-0.05, 0) is 19.9 Å². The third-order valence-corrected chi connectivity index (χ3v) is 2.04. The third-order valence-electron chi connectivity index (χ3n) is 1.46. The van der Waals surface area contributed by atoms with Gasteiger partial charge in [0.05, 0.1) is 17.0 Å². The maximum atomic E-state index is 10.6. The van der Waals surface area contributed by atoms with Gasteiger partial charge in [0.15, 0.2) is 0 Å². The minimum atomic E-state index is -1.87. The van der Waals surface area contributed by atoms with Crippen LogP contribution in [-0.4, -0.2) is 5.11 Å². The fraction of sp³-hybridized carbons (Fsp3) is 0.429. The Labute approximate surface area is 72.2 Å². The minimum absolute atomic E-state index is 0.0622. The van der Waals surface area contributed by atoms with E-state index in [0.29, 0.717) is 5.56 Å². The molecule has 0 bridgehead atoms. The van der Waals surface area contributed by atoms with Crippen molar-refractivity contribution >= 4 is 10.6 Å². The van der Waals surface area contributed by atoms with E-state index in [9.17, 15) is 9.32 Å². The zero-order valence-corrected chi connectivity index (χ0v) is 7.64. The van der Waals surface area contributed by atoms with Crippen molar-refractivity contribution in [2.75, 3.05) is 0 Å². The molecule has 4 nitrogen and oxygen atoms in total. The summed E-state index contributed by atoms with van der Waals surface area (Å²) in [6.07, 6.45) is 1.31. The van der Waals surface area contributed by atoms with Crippen LogP contribution < -0.4 is 0 Å². The van der Waals surface area contributed by atoms with E-state index in [4.69, 9.17) is 9.20 Å². The smallest absolute Gasteiger partial charge is 0.0940 e. The Hall–Kier alpha value is -0.810. The molecular formula is C7H10NO3S-. The Morgan fingerprint density at radius 2 is 2.25 bits per heavy atom. The Morgan fingerprint density at radius 3 is 2.50 bits per heavy atom. The molecule has 0 amide bonds. The first-order valence-corrected chi connectivity index (χ1v) is 4.50. The van der Waals surface area contributed by atoms with Gasteiger partial charge in [0.2, 0.25) is 0 Å². The van der Waals surface area contributed by atoms with E-state index < -0.39 is 16.2 Å². The summed E-state index contributed by atoms with van der Waals surface area (Å²) in [5.41, 5.74) is -0.487. The first kappa shape index (κ1) is 9.28. The minimum Gasteiger partial charge on any atom is -0.488 e. The molecule has 0 unspecified atom stereocenters. The molecule has 0 aromatic carbocycles. The second-order valence-electron chi connectivity index (χ2n) is 2.98. The summed E-state index contributed by atoms with van der Waals surface area (Å²) in [5.74, 6) is 0. The number of furan rings is 1. The van der Waals surface area contributed by atoms with Gasteiger partial charge >= 0.3 is 0 Å². The van der Waals surface area contributed by atoms with Crippen molar-refractivity contribution in [1.82, 2.24) is 0 Å². The van der Waals surface area contributed by atoms with Crippen molar-refractivity contribution in [3.8, 4) is 0 Å². The van der Waals surface area contributed by atoms with E-state index >= 15 is 0 Å². The van der Waals surface area contributed by atoms with Crippen LogP contribution in [0.5, 0.6) is 0 Å². The molecule has 0 aliphatic rings. The Bertz CT molecular complexity index is 338. The largest absolute Gasteiger partial charge is 0.488 e. The molecular weight excluding hydrogens is 178 g/mol. The highest BCUT2D eigenvalue weighted by molar-refractivity contribution is 7.73. The average molecular weight is 188 g/mol. The van der Waals surface area contributed by atoms with Crippen LogP contribution in [0.15, 0.2) is 21.8 Å². The van der Waals surface area contributed by atoms with E-state index in [2.05, 4.69) is 0 Å². The maximum absolute atomic E-state index is 10.6. The predicted octanol–water partition coefficient (Wildman–Crippen LogP) is 1.59. The van der Waals surface area contributed by atoms with Gasteiger partial charge in [-0.25, -0.2) is 0 Å². The second-order valence-corrected chi connectivity index (χ2v) is 3.92. The van der Waals surface area contributed by atoms with Gasteiger partial charge in [0, 0.05) is 5.56 Å². The van der Waals surface area contributed by atoms with Crippen molar-refractivity contribution in [1.29, 1.82) is 4.78 Å². The fourth-order valence-electron chi connectivity index (χ4n) is 0.735. The summed E-state index contributed by atoms with van der Waals surface area (Å²) in [4.78, 5) is 0. The van der Waals surface area contributed by atoms with Crippen molar-refractivity contribution in [2.24, 2.45) is 0 Å². The van der Waals surface area contributed by atoms with Crippen molar-refractivity contribution in [2.45, 2.75) is 24.5 Å². The van der Waals surface area contributed by atoms with E-state index in [0.717, 1.165) is 0 Å². The van der Waals surface area contributed by atoms with Crippen LogP contribution in [-0.2, 0) is 20.4 Å². The lowest BCUT2D eigenvalue weighted by Crippen LogP contribution is -2.13. The van der Waals surface area contributed by atoms with Crippen LogP contribution in [0.25, 0.3) is 0 Å². The lowest BCUT2D eigenvalue weighted by atomic mass is 10.0. The van der Waals surface area contributed by atoms with Crippen molar-refractivity contribution in [3.63, 3.8) is 0 Å². The number of hydrogen-bond acceptors (Lipinski definition) is 5. The van der Waals surface area contributed by atoms with Crippen LogP contribution in [0, 0.1) is 4.78 Å². The van der Waals surface area contributed by atoms with Gasteiger partial charge in [-0.2, -0.15) is 0 Å². The lowest BCUT2D eigenvalue weighted by Gasteiger charge is -2.13. The average Bonchev–Trinajstić information content (AvgIpc) is 2.30. The molecule has 1 aromatic heterocycles. The lowest BCUT2D eigenvalue weighted by molar-refractivity contribution is 0.0779. The summed E-state index contributed by atoms with van der Waals surface area (Å²) in [7, 11) is -1.87. The molecule has 12 heavy (non-hydrogen) atoms. The zero-order valence-electron chi connectivity index (χ0n) is 6.83. The monoisotopic (exact) mass is 188 g/mol. The van der Waals surface area contributed by atoms with Crippen molar-refractivity contribution in [3.05, 3.63) is 17.9 Å². The number of aliphatic hydroxyl groups is 1. The highest BCUT2D eigenvalue weighted by Gasteiger charge is 2.17. The summed E-state index contributed by atoms with van der Waals surface area (Å²) in [5, 5.41) is 9.53. The van der Waals surface area contributed by atoms with Crippen LogP contribution in [0.4, 0.5) is 0 Å². The van der Waals surface area contributed by atoms with Gasteiger partial charge in [0.25, 0.3) is 0 Å². The van der Waals surface area contributed by atoms with Gasteiger partial charge in [-0.15, -0.1) is 10.6 Å². The quantitative estimate of drug-likeness (QED) is 0.692. The van der Waals surface area contributed by atoms with Gasteiger partial charge in [0.1, 0.15) is 0 Å². The molecule has 0 aliphatic carbocycles. The molecule has 0 spiro atoms. The first-order valence-electron chi connectivity index (χ1n) is 3.35. The third kappa shape index (κ3) is 1.86. The molecule has 68 valence electrons. The van der Waals surface area contributed by atoms with Crippen LogP contribution in [0.2, 0.25) is 0 Å². The normalized spacial score (nSPS) is 12.3. The van der Waals surface area contributed by atoms with Crippen LogP contribution >= 0.6 is 0 Å². The fourth-order valence-corrected chi connectivity index (χ4v) is 1.10. The summed E-state index contributed by atoms with van der Waals surface area (Å²) >= 11 is 0. The second kappa shape index (κ2) is 2.91. The molecule has 0 fully saturated rings. The van der Waals surface area contributed by atoms with Gasteiger partial charge in [-0.1, -0.05) is 0 Å². The van der Waals surface area contributed by atoms with E-state index in [1.807, 2.05) is 0 Å². The highest BCUT2D eigenvalue weighted by Crippen LogP contribution is 2.22. The van der Waals surface area contributed by atoms with Crippen molar-refractivity contribution < 1.29 is 13.7 Å². The van der Waals surface area contributed by atoms with E-state index in [1.165, 1.54) is 12.3 Å². The molecule has 0 saturated carbocycles. The molecule has 0 saturated heterocycles. The van der Waals surface area contributed by atoms with E-state index in [1.54, 1.807) is 13.8 Å². The summed E-state index contributed by atoms with van der Waals surface area (Å²) in [6, 6.07) is 1.42. The Kier molecular flexibility index (Phi) is 2.25. The van der Waals surface area contributed by atoms with Gasteiger partial charge in [-0.3, -0.25) is 0 Å². The van der Waals surface area contributed by atoms with Crippen LogP contribution in [0.3, 0.4) is 0 Å². The summed E-state index contributed by atoms with van der Waals surface area (Å²) in [6.45, 7) is 3.18. The number of nitrogens with one attached hydrogen (secondary N) is 1. The zero-order chi connectivity index (χ0) is 9.35. The molecule has 5 heteroatoms. The predicted molar refractivity (Wildman–Crippen MR) is 43.0 cm³/mol. The van der Waals surface area contributed by atoms with Crippen LogP contribution in [0.1, 0.15) is 19.4 Å². The molecule has 0 radical (unpaired) electrons.